The van der Waals surface area contributed by atoms with Crippen molar-refractivity contribution in [2.75, 3.05) is 18.5 Å². The quantitative estimate of drug-likeness (QED) is 0.217. The second-order valence-corrected chi connectivity index (χ2v) is 8.08. The normalized spacial score (nSPS) is 11.4. The summed E-state index contributed by atoms with van der Waals surface area (Å²) in [6.45, 7) is 3.59. The van der Waals surface area contributed by atoms with Crippen molar-refractivity contribution in [1.82, 2.24) is 39.7 Å². The molecule has 5 rings (SSSR count). The first kappa shape index (κ1) is 23.1. The number of H-pyrrole nitrogens is 2. The second kappa shape index (κ2) is 9.54. The minimum absolute atomic E-state index is 0.344. The predicted molar refractivity (Wildman–Crippen MR) is 132 cm³/mol. The lowest BCUT2D eigenvalue weighted by Gasteiger charge is -2.11. The summed E-state index contributed by atoms with van der Waals surface area (Å²) in [7, 11) is 1.54. The molecule has 0 fully saturated rings. The molecule has 0 aliphatic heterocycles. The van der Waals surface area contributed by atoms with E-state index in [1.54, 1.807) is 43.4 Å². The van der Waals surface area contributed by atoms with Crippen molar-refractivity contribution in [3.63, 3.8) is 0 Å². The van der Waals surface area contributed by atoms with Crippen molar-refractivity contribution in [3.05, 3.63) is 62.7 Å². The molecule has 0 saturated heterocycles. The molecule has 0 unspecified atom stereocenters. The summed E-state index contributed by atoms with van der Waals surface area (Å²) in [5.74, 6) is 0.426. The van der Waals surface area contributed by atoms with Gasteiger partial charge in [-0.25, -0.2) is 4.98 Å². The molecular weight excluding hydrogens is 466 g/mol. The molecule has 3 N–H and O–H groups in total. The van der Waals surface area contributed by atoms with E-state index < -0.39 is 11.1 Å². The first-order valence-corrected chi connectivity index (χ1v) is 11.3. The van der Waals surface area contributed by atoms with Crippen LogP contribution in [-0.2, 0) is 18.3 Å². The Bertz CT molecular complexity index is 1660. The summed E-state index contributed by atoms with van der Waals surface area (Å²) in [5, 5.41) is 16.7. The first-order valence-electron chi connectivity index (χ1n) is 11.3. The fourth-order valence-electron chi connectivity index (χ4n) is 3.99. The molecule has 0 atom stereocenters. The fourth-order valence-corrected chi connectivity index (χ4v) is 3.99. The maximum atomic E-state index is 13.1. The summed E-state index contributed by atoms with van der Waals surface area (Å²) in [6, 6.07) is 10.3. The van der Waals surface area contributed by atoms with Crippen molar-refractivity contribution in [3.8, 4) is 11.4 Å². The van der Waals surface area contributed by atoms with E-state index in [1.807, 2.05) is 11.5 Å². The summed E-state index contributed by atoms with van der Waals surface area (Å²) < 4.78 is 8.64. The molecule has 0 saturated carbocycles. The molecule has 0 aliphatic carbocycles. The summed E-state index contributed by atoms with van der Waals surface area (Å²) >= 11 is 0. The Morgan fingerprint density at radius 1 is 1.14 bits per heavy atom. The van der Waals surface area contributed by atoms with Gasteiger partial charge in [-0.15, -0.1) is 10.2 Å². The van der Waals surface area contributed by atoms with Gasteiger partial charge < -0.3 is 18.9 Å². The highest BCUT2D eigenvalue weighted by molar-refractivity contribution is 6.04. The zero-order valence-electron chi connectivity index (χ0n) is 19.6. The van der Waals surface area contributed by atoms with Crippen LogP contribution in [0, 0.1) is 0 Å². The van der Waals surface area contributed by atoms with Gasteiger partial charge in [0, 0.05) is 37.9 Å². The van der Waals surface area contributed by atoms with E-state index in [2.05, 4.69) is 35.9 Å². The van der Waals surface area contributed by atoms with Gasteiger partial charge in [0.25, 0.3) is 5.91 Å². The predicted octanol–water partition coefficient (Wildman–Crippen LogP) is 1.44. The Labute approximate surface area is 203 Å². The Morgan fingerprint density at radius 3 is 2.67 bits per heavy atom. The minimum atomic E-state index is -0.710. The molecule has 13 nitrogen and oxygen atoms in total. The number of hydrogen-bond donors (Lipinski definition) is 3. The third-order valence-electron chi connectivity index (χ3n) is 5.82. The lowest BCUT2D eigenvalue weighted by atomic mass is 10.1. The Kier molecular flexibility index (Phi) is 6.12. The number of ether oxygens (including phenoxy) is 1. The van der Waals surface area contributed by atoms with Crippen LogP contribution in [-0.4, -0.2) is 58.8 Å². The molecule has 0 radical (unpaired) electrons. The lowest BCUT2D eigenvalue weighted by Crippen LogP contribution is -2.34. The van der Waals surface area contributed by atoms with Crippen LogP contribution in [0.25, 0.3) is 33.5 Å². The molecule has 0 spiro atoms. The van der Waals surface area contributed by atoms with Gasteiger partial charge in [-0.2, -0.15) is 5.21 Å². The number of carbonyl (C=O) groups excluding carboxylic acids is 1. The summed E-state index contributed by atoms with van der Waals surface area (Å²) in [5.41, 5.74) is 2.08. The van der Waals surface area contributed by atoms with Crippen LogP contribution < -0.4 is 16.4 Å². The molecule has 2 aromatic carbocycles. The van der Waals surface area contributed by atoms with Gasteiger partial charge in [-0.05, 0) is 42.8 Å². The van der Waals surface area contributed by atoms with E-state index in [9.17, 15) is 14.4 Å². The molecule has 184 valence electrons. The summed E-state index contributed by atoms with van der Waals surface area (Å²) in [6.07, 6.45) is 0.685. The average Bonchev–Trinajstić information content (AvgIpc) is 3.53. The highest BCUT2D eigenvalue weighted by Crippen LogP contribution is 2.25. The van der Waals surface area contributed by atoms with Gasteiger partial charge in [-0.3, -0.25) is 19.7 Å². The maximum absolute atomic E-state index is 13.1. The van der Waals surface area contributed by atoms with Gasteiger partial charge in [-0.1, -0.05) is 12.1 Å². The van der Waals surface area contributed by atoms with Crippen LogP contribution in [0.2, 0.25) is 0 Å². The van der Waals surface area contributed by atoms with Crippen LogP contribution in [0.5, 0.6) is 0 Å². The van der Waals surface area contributed by atoms with Crippen molar-refractivity contribution in [2.24, 2.45) is 7.05 Å². The molecule has 1 amide bonds. The largest absolute Gasteiger partial charge is 0.382 e. The van der Waals surface area contributed by atoms with E-state index in [0.29, 0.717) is 65.6 Å². The zero-order chi connectivity index (χ0) is 25.2. The van der Waals surface area contributed by atoms with E-state index in [4.69, 9.17) is 4.74 Å². The van der Waals surface area contributed by atoms with Gasteiger partial charge in [0.1, 0.15) is 0 Å². The molecule has 36 heavy (non-hydrogen) atoms. The minimum Gasteiger partial charge on any atom is -0.382 e. The van der Waals surface area contributed by atoms with Crippen LogP contribution in [0.1, 0.15) is 23.7 Å². The lowest BCUT2D eigenvalue weighted by molar-refractivity contribution is 0.102. The summed E-state index contributed by atoms with van der Waals surface area (Å²) in [4.78, 5) is 44.4. The molecular formula is C23H23N9O4. The smallest absolute Gasteiger partial charge is 0.316 e. The highest BCUT2D eigenvalue weighted by atomic mass is 16.5. The number of aryl methyl sites for hydroxylation is 2. The number of carbonyl (C=O) groups is 1. The molecule has 0 aliphatic rings. The number of hydrogen-bond acceptors (Lipinski definition) is 8. The Balaban J connectivity index is 1.52. The highest BCUT2D eigenvalue weighted by Gasteiger charge is 2.17. The Morgan fingerprint density at radius 2 is 1.94 bits per heavy atom. The van der Waals surface area contributed by atoms with Crippen LogP contribution in [0.3, 0.4) is 0 Å². The number of aromatic nitrogens is 8. The number of tetrazole rings is 1. The van der Waals surface area contributed by atoms with E-state index in [-0.39, 0.29) is 5.91 Å². The average molecular weight is 489 g/mol. The van der Waals surface area contributed by atoms with Crippen molar-refractivity contribution >= 4 is 33.9 Å². The second-order valence-electron chi connectivity index (χ2n) is 8.08. The molecule has 3 heterocycles. The third kappa shape index (κ3) is 4.27. The number of benzene rings is 2. The van der Waals surface area contributed by atoms with Crippen LogP contribution in [0.4, 0.5) is 5.95 Å². The van der Waals surface area contributed by atoms with E-state index >= 15 is 0 Å². The maximum Gasteiger partial charge on any atom is 0.316 e. The van der Waals surface area contributed by atoms with Crippen molar-refractivity contribution < 1.29 is 9.53 Å². The van der Waals surface area contributed by atoms with Gasteiger partial charge in [0.15, 0.2) is 0 Å². The monoisotopic (exact) mass is 489 g/mol. The standard InChI is InChI=1S/C23H23N9O4/c1-3-36-10-4-9-32-18-12-17-15(24-21(34)22(35)31(17)2)11-16(18)25-23(32)26-20(33)14-7-5-13(6-8-14)19-27-29-30-28-19/h5-8,11-12H,3-4,9-10H2,1-2H3,(H,24,34)(H,25,26,33)(H,27,28,29,30). The number of fused-ring (bicyclic) bond motifs is 2. The topological polar surface area (TPSA) is 165 Å². The number of aromatic amines is 2. The van der Waals surface area contributed by atoms with Gasteiger partial charge in [0.2, 0.25) is 11.8 Å². The zero-order valence-corrected chi connectivity index (χ0v) is 19.6. The number of imidazole rings is 1. The van der Waals surface area contributed by atoms with Crippen molar-refractivity contribution in [1.29, 1.82) is 0 Å². The number of nitrogens with one attached hydrogen (secondary N) is 3. The van der Waals surface area contributed by atoms with Gasteiger partial charge in [0.05, 0.1) is 22.1 Å². The van der Waals surface area contributed by atoms with Crippen LogP contribution >= 0.6 is 0 Å². The van der Waals surface area contributed by atoms with Crippen molar-refractivity contribution in [2.45, 2.75) is 19.9 Å². The van der Waals surface area contributed by atoms with Crippen LogP contribution in [0.15, 0.2) is 46.0 Å². The SMILES string of the molecule is CCOCCCn1c(NC(=O)c2ccc(-c3nn[nH]n3)cc2)nc2cc3[nH]c(=O)c(=O)n(C)c3cc21. The first-order chi connectivity index (χ1) is 17.5. The number of amides is 1. The Hall–Kier alpha value is -4.65. The number of nitrogens with zero attached hydrogens (tertiary/aromatic N) is 6. The molecule has 0 bridgehead atoms. The molecule has 3 aromatic heterocycles. The number of rotatable bonds is 8. The fraction of sp³-hybridized carbons (Fsp3) is 0.261. The molecule has 13 heteroatoms. The third-order valence-corrected chi connectivity index (χ3v) is 5.82. The van der Waals surface area contributed by atoms with E-state index in [1.165, 1.54) is 4.57 Å². The molecule has 5 aromatic rings. The van der Waals surface area contributed by atoms with Gasteiger partial charge >= 0.3 is 11.1 Å². The van der Waals surface area contributed by atoms with E-state index in [0.717, 1.165) is 5.56 Å². The number of anilines is 1.